The first-order chi connectivity index (χ1) is 9.60. The van der Waals surface area contributed by atoms with Crippen LogP contribution >= 0.6 is 11.8 Å². The maximum atomic E-state index is 6.01. The van der Waals surface area contributed by atoms with Gasteiger partial charge in [-0.25, -0.2) is 4.98 Å². The minimum absolute atomic E-state index is 0.627. The molecular formula is C16H18N2OS. The van der Waals surface area contributed by atoms with Gasteiger partial charge in [-0.15, -0.1) is 11.8 Å². The molecule has 104 valence electrons. The van der Waals surface area contributed by atoms with Crippen LogP contribution in [0.3, 0.4) is 0 Å². The molecule has 2 N–H and O–H groups in total. The molecule has 0 aliphatic heterocycles. The van der Waals surface area contributed by atoms with E-state index in [-0.39, 0.29) is 0 Å². The van der Waals surface area contributed by atoms with Gasteiger partial charge in [0.1, 0.15) is 0 Å². The van der Waals surface area contributed by atoms with Gasteiger partial charge in [0.05, 0.1) is 7.11 Å². The number of pyridine rings is 1. The minimum Gasteiger partial charge on any atom is -0.481 e. The number of nitrogens with zero attached hydrogens (tertiary/aromatic N) is 1. The van der Waals surface area contributed by atoms with Crippen molar-refractivity contribution in [2.24, 2.45) is 0 Å². The minimum atomic E-state index is 0.627. The number of methoxy groups -OCH3 is 1. The van der Waals surface area contributed by atoms with E-state index in [0.29, 0.717) is 5.88 Å². The molecule has 1 heterocycles. The molecule has 0 fully saturated rings. The number of aromatic nitrogens is 1. The van der Waals surface area contributed by atoms with E-state index in [1.807, 2.05) is 37.4 Å². The largest absolute Gasteiger partial charge is 0.481 e. The first-order valence-corrected chi connectivity index (χ1v) is 7.26. The molecule has 0 radical (unpaired) electrons. The number of hydrogen-bond acceptors (Lipinski definition) is 4. The highest BCUT2D eigenvalue weighted by Crippen LogP contribution is 2.30. The van der Waals surface area contributed by atoms with Crippen molar-refractivity contribution in [1.29, 1.82) is 0 Å². The summed E-state index contributed by atoms with van der Waals surface area (Å²) in [7, 11) is 1.61. The highest BCUT2D eigenvalue weighted by atomic mass is 32.2. The van der Waals surface area contributed by atoms with Crippen molar-refractivity contribution in [1.82, 2.24) is 4.98 Å². The Balaban J connectivity index is 2.09. The second kappa shape index (κ2) is 6.48. The molecule has 0 saturated heterocycles. The summed E-state index contributed by atoms with van der Waals surface area (Å²) >= 11 is 1.70. The third-order valence-corrected chi connectivity index (χ3v) is 4.05. The third kappa shape index (κ3) is 3.54. The summed E-state index contributed by atoms with van der Waals surface area (Å²) in [6.45, 7) is 5.95. The lowest BCUT2D eigenvalue weighted by molar-refractivity contribution is 0.397. The lowest BCUT2D eigenvalue weighted by Crippen LogP contribution is -1.92. The summed E-state index contributed by atoms with van der Waals surface area (Å²) in [4.78, 5) is 5.27. The summed E-state index contributed by atoms with van der Waals surface area (Å²) in [5, 5.41) is 0. The molecule has 20 heavy (non-hydrogen) atoms. The van der Waals surface area contributed by atoms with E-state index in [4.69, 9.17) is 10.5 Å². The normalized spacial score (nSPS) is 10.3. The Morgan fingerprint density at radius 2 is 2.15 bits per heavy atom. The van der Waals surface area contributed by atoms with Gasteiger partial charge in [0.2, 0.25) is 5.88 Å². The molecule has 4 heteroatoms. The van der Waals surface area contributed by atoms with E-state index in [0.717, 1.165) is 33.0 Å². The molecule has 0 spiro atoms. The van der Waals surface area contributed by atoms with Crippen LogP contribution in [-0.2, 0) is 5.75 Å². The molecule has 0 aliphatic rings. The topological polar surface area (TPSA) is 48.1 Å². The van der Waals surface area contributed by atoms with Crippen molar-refractivity contribution < 1.29 is 4.74 Å². The lowest BCUT2D eigenvalue weighted by Gasteiger charge is -2.08. The second-order valence-corrected chi connectivity index (χ2v) is 5.55. The summed E-state index contributed by atoms with van der Waals surface area (Å²) in [5.74, 6) is 1.45. The van der Waals surface area contributed by atoms with Crippen LogP contribution in [0, 0.1) is 0 Å². The Morgan fingerprint density at radius 3 is 2.75 bits per heavy atom. The molecule has 0 atom stereocenters. The number of benzene rings is 1. The first kappa shape index (κ1) is 14.5. The predicted octanol–water partition coefficient (Wildman–Crippen LogP) is 4.00. The molecule has 0 saturated carbocycles. The molecule has 2 rings (SSSR count). The molecular weight excluding hydrogens is 268 g/mol. The van der Waals surface area contributed by atoms with Crippen molar-refractivity contribution in [3.63, 3.8) is 0 Å². The van der Waals surface area contributed by atoms with Gasteiger partial charge in [0.25, 0.3) is 0 Å². The quantitative estimate of drug-likeness (QED) is 0.666. The molecule has 2 aromatic rings. The highest BCUT2D eigenvalue weighted by Gasteiger charge is 2.04. The summed E-state index contributed by atoms with van der Waals surface area (Å²) in [6.07, 6.45) is 1.82. The van der Waals surface area contributed by atoms with Crippen molar-refractivity contribution in [2.45, 2.75) is 17.6 Å². The number of anilines is 1. The van der Waals surface area contributed by atoms with E-state index in [1.165, 1.54) is 0 Å². The average molecular weight is 286 g/mol. The Labute approximate surface area is 123 Å². The van der Waals surface area contributed by atoms with Gasteiger partial charge in [-0.2, -0.15) is 0 Å². The lowest BCUT2D eigenvalue weighted by atomic mass is 10.1. The van der Waals surface area contributed by atoms with Gasteiger partial charge in [0.15, 0.2) is 0 Å². The number of nitrogen functional groups attached to an aromatic ring is 1. The van der Waals surface area contributed by atoms with Crippen LogP contribution in [0.4, 0.5) is 5.69 Å². The molecule has 1 aromatic carbocycles. The van der Waals surface area contributed by atoms with Gasteiger partial charge >= 0.3 is 0 Å². The van der Waals surface area contributed by atoms with Gasteiger partial charge < -0.3 is 10.5 Å². The standard InChI is InChI=1S/C16H18N2OS/c1-11(2)13-5-6-14(17)15(8-13)20-10-12-4-7-16(19-3)18-9-12/h4-9H,1,10,17H2,2-3H3. The van der Waals surface area contributed by atoms with Gasteiger partial charge in [-0.1, -0.05) is 24.3 Å². The smallest absolute Gasteiger partial charge is 0.212 e. The van der Waals surface area contributed by atoms with E-state index in [2.05, 4.69) is 17.6 Å². The van der Waals surface area contributed by atoms with E-state index >= 15 is 0 Å². The van der Waals surface area contributed by atoms with Gasteiger partial charge in [-0.05, 0) is 30.2 Å². The summed E-state index contributed by atoms with van der Waals surface area (Å²) < 4.78 is 5.05. The fourth-order valence-corrected chi connectivity index (χ4v) is 2.64. The maximum absolute atomic E-state index is 6.01. The number of nitrogens with two attached hydrogens (primary N) is 1. The Kier molecular flexibility index (Phi) is 4.69. The SMILES string of the molecule is C=C(C)c1ccc(N)c(SCc2ccc(OC)nc2)c1. The number of rotatable bonds is 5. The van der Waals surface area contributed by atoms with E-state index in [9.17, 15) is 0 Å². The fraction of sp³-hybridized carbons (Fsp3) is 0.188. The zero-order chi connectivity index (χ0) is 14.5. The zero-order valence-electron chi connectivity index (χ0n) is 11.7. The summed E-state index contributed by atoms with van der Waals surface area (Å²) in [6, 6.07) is 9.88. The van der Waals surface area contributed by atoms with Crippen LogP contribution < -0.4 is 10.5 Å². The molecule has 0 bridgehead atoms. The number of hydrogen-bond donors (Lipinski definition) is 1. The van der Waals surface area contributed by atoms with Crippen LogP contribution in [0.25, 0.3) is 5.57 Å². The van der Waals surface area contributed by atoms with Crippen LogP contribution in [0.1, 0.15) is 18.1 Å². The zero-order valence-corrected chi connectivity index (χ0v) is 12.5. The predicted molar refractivity (Wildman–Crippen MR) is 85.9 cm³/mol. The van der Waals surface area contributed by atoms with Crippen molar-refractivity contribution in [3.05, 3.63) is 54.2 Å². The Hall–Kier alpha value is -1.94. The van der Waals surface area contributed by atoms with Crippen LogP contribution in [-0.4, -0.2) is 12.1 Å². The number of ether oxygens (including phenoxy) is 1. The first-order valence-electron chi connectivity index (χ1n) is 6.27. The van der Waals surface area contributed by atoms with Gasteiger partial charge in [0, 0.05) is 28.6 Å². The maximum Gasteiger partial charge on any atom is 0.212 e. The average Bonchev–Trinajstić information content (AvgIpc) is 2.46. The highest BCUT2D eigenvalue weighted by molar-refractivity contribution is 7.98. The molecule has 0 amide bonds. The van der Waals surface area contributed by atoms with Crippen LogP contribution in [0.15, 0.2) is 48.0 Å². The van der Waals surface area contributed by atoms with Crippen molar-refractivity contribution in [3.8, 4) is 5.88 Å². The number of thioether (sulfide) groups is 1. The molecule has 0 aliphatic carbocycles. The Bertz CT molecular complexity index is 608. The monoisotopic (exact) mass is 286 g/mol. The Morgan fingerprint density at radius 1 is 1.35 bits per heavy atom. The van der Waals surface area contributed by atoms with Crippen LogP contribution in [0.2, 0.25) is 0 Å². The molecule has 0 unspecified atom stereocenters. The molecule has 1 aromatic heterocycles. The third-order valence-electron chi connectivity index (χ3n) is 2.91. The molecule has 3 nitrogen and oxygen atoms in total. The van der Waals surface area contributed by atoms with Crippen LogP contribution in [0.5, 0.6) is 5.88 Å². The summed E-state index contributed by atoms with van der Waals surface area (Å²) in [5.41, 5.74) is 10.1. The van der Waals surface area contributed by atoms with Gasteiger partial charge in [-0.3, -0.25) is 0 Å². The van der Waals surface area contributed by atoms with Crippen molar-refractivity contribution in [2.75, 3.05) is 12.8 Å². The van der Waals surface area contributed by atoms with E-state index < -0.39 is 0 Å². The second-order valence-electron chi connectivity index (χ2n) is 4.53. The number of allylic oxidation sites excluding steroid dienone is 1. The van der Waals surface area contributed by atoms with E-state index in [1.54, 1.807) is 18.9 Å². The van der Waals surface area contributed by atoms with Crippen molar-refractivity contribution >= 4 is 23.0 Å². The fourth-order valence-electron chi connectivity index (χ4n) is 1.70.